The van der Waals surface area contributed by atoms with Gasteiger partial charge in [0.15, 0.2) is 0 Å². The first kappa shape index (κ1) is 14.2. The first-order valence-corrected chi connectivity index (χ1v) is 6.55. The molecule has 0 spiro atoms. The predicted molar refractivity (Wildman–Crippen MR) is 66.3 cm³/mol. The first-order valence-electron chi connectivity index (χ1n) is 5.07. The van der Waals surface area contributed by atoms with Crippen LogP contribution in [0.3, 0.4) is 0 Å². The fraction of sp³-hybridized carbons (Fsp3) is 0.273. The molecule has 0 aliphatic carbocycles. The third-order valence-corrected chi connectivity index (χ3v) is 3.74. The number of terminal acetylenes is 1. The number of rotatable bonds is 5. The molecule has 0 radical (unpaired) electrons. The molecule has 1 atom stereocenters. The molecule has 6 nitrogen and oxygen atoms in total. The zero-order valence-electron chi connectivity index (χ0n) is 9.66. The van der Waals surface area contributed by atoms with E-state index in [9.17, 15) is 18.5 Å². The Labute approximate surface area is 105 Å². The summed E-state index contributed by atoms with van der Waals surface area (Å²) in [5.74, 6) is 2.35. The van der Waals surface area contributed by atoms with Crippen LogP contribution in [0.25, 0.3) is 0 Å². The van der Waals surface area contributed by atoms with Crippen molar-refractivity contribution in [3.05, 3.63) is 34.4 Å². The molecule has 0 aromatic heterocycles. The average Bonchev–Trinajstić information content (AvgIpc) is 2.28. The molecule has 0 fully saturated rings. The van der Waals surface area contributed by atoms with Crippen molar-refractivity contribution in [3.8, 4) is 12.3 Å². The molecule has 0 saturated heterocycles. The molecule has 7 heteroatoms. The van der Waals surface area contributed by atoms with Gasteiger partial charge in [-0.2, -0.15) is 0 Å². The van der Waals surface area contributed by atoms with Gasteiger partial charge >= 0.3 is 0 Å². The van der Waals surface area contributed by atoms with E-state index >= 15 is 0 Å². The maximum Gasteiger partial charge on any atom is 0.269 e. The van der Waals surface area contributed by atoms with Crippen molar-refractivity contribution in [1.29, 1.82) is 0 Å². The molecule has 1 aromatic rings. The lowest BCUT2D eigenvalue weighted by atomic mass is 10.3. The lowest BCUT2D eigenvalue weighted by Gasteiger charge is -2.11. The molecule has 1 unspecified atom stereocenters. The maximum absolute atomic E-state index is 11.8. The van der Waals surface area contributed by atoms with Crippen LogP contribution in [-0.2, 0) is 10.0 Å². The molecule has 1 N–H and O–H groups in total. The summed E-state index contributed by atoms with van der Waals surface area (Å²) in [7, 11) is -3.69. The molecule has 0 bridgehead atoms. The fourth-order valence-corrected chi connectivity index (χ4v) is 2.54. The van der Waals surface area contributed by atoms with Crippen LogP contribution < -0.4 is 4.72 Å². The smallest absolute Gasteiger partial charge is 0.258 e. The number of nitro groups is 1. The van der Waals surface area contributed by atoms with Crippen molar-refractivity contribution >= 4 is 15.7 Å². The summed E-state index contributed by atoms with van der Waals surface area (Å²) in [6.07, 6.45) is 5.35. The van der Waals surface area contributed by atoms with Crippen molar-refractivity contribution in [1.82, 2.24) is 4.72 Å². The van der Waals surface area contributed by atoms with Crippen LogP contribution in [-0.4, -0.2) is 19.4 Å². The summed E-state index contributed by atoms with van der Waals surface area (Å²) in [4.78, 5) is 9.82. The quantitative estimate of drug-likeness (QED) is 0.495. The van der Waals surface area contributed by atoms with Crippen molar-refractivity contribution in [2.24, 2.45) is 0 Å². The second kappa shape index (κ2) is 5.62. The van der Waals surface area contributed by atoms with E-state index < -0.39 is 21.0 Å². The number of nitrogens with zero attached hydrogens (tertiary/aromatic N) is 1. The Kier molecular flexibility index (Phi) is 4.42. The van der Waals surface area contributed by atoms with Gasteiger partial charge in [-0.1, -0.05) is 0 Å². The zero-order chi connectivity index (χ0) is 13.8. The minimum Gasteiger partial charge on any atom is -0.258 e. The van der Waals surface area contributed by atoms with E-state index in [2.05, 4.69) is 10.6 Å². The van der Waals surface area contributed by atoms with Crippen LogP contribution in [0, 0.1) is 22.5 Å². The van der Waals surface area contributed by atoms with Gasteiger partial charge in [-0.05, 0) is 19.1 Å². The van der Waals surface area contributed by atoms with E-state index in [0.29, 0.717) is 0 Å². The average molecular weight is 268 g/mol. The topological polar surface area (TPSA) is 89.3 Å². The molecule has 0 aliphatic rings. The Balaban J connectivity index is 2.92. The highest BCUT2D eigenvalue weighted by Gasteiger charge is 2.17. The van der Waals surface area contributed by atoms with E-state index in [1.54, 1.807) is 6.92 Å². The van der Waals surface area contributed by atoms with Crippen molar-refractivity contribution in [2.75, 3.05) is 0 Å². The number of non-ortho nitro benzene ring substituents is 1. The van der Waals surface area contributed by atoms with Crippen LogP contribution in [0.2, 0.25) is 0 Å². The summed E-state index contributed by atoms with van der Waals surface area (Å²) in [6, 6.07) is 4.25. The molecular weight excluding hydrogens is 256 g/mol. The standard InChI is InChI=1S/C11H12N2O4S/c1-3-4-9(2)12-18(16,17)11-7-5-10(6-8-11)13(14)15/h1,5-9,12H,4H2,2H3. The summed E-state index contributed by atoms with van der Waals surface area (Å²) in [5.41, 5.74) is -0.161. The molecule has 0 saturated carbocycles. The predicted octanol–water partition coefficient (Wildman–Crippen LogP) is 1.28. The molecular formula is C11H12N2O4S. The van der Waals surface area contributed by atoms with Crippen LogP contribution in [0.1, 0.15) is 13.3 Å². The van der Waals surface area contributed by atoms with E-state index in [0.717, 1.165) is 12.1 Å². The highest BCUT2D eigenvalue weighted by Crippen LogP contribution is 2.16. The zero-order valence-corrected chi connectivity index (χ0v) is 10.5. The van der Waals surface area contributed by atoms with Crippen LogP contribution in [0.5, 0.6) is 0 Å². The van der Waals surface area contributed by atoms with Crippen molar-refractivity contribution in [2.45, 2.75) is 24.3 Å². The number of sulfonamides is 1. The largest absolute Gasteiger partial charge is 0.269 e. The number of nitrogens with one attached hydrogen (secondary N) is 1. The summed E-state index contributed by atoms with van der Waals surface area (Å²) in [5, 5.41) is 10.4. The van der Waals surface area contributed by atoms with E-state index in [1.807, 2.05) is 0 Å². The van der Waals surface area contributed by atoms with E-state index in [1.165, 1.54) is 12.1 Å². The Morgan fingerprint density at radius 3 is 2.44 bits per heavy atom. The van der Waals surface area contributed by atoms with Crippen LogP contribution in [0.4, 0.5) is 5.69 Å². The van der Waals surface area contributed by atoms with Gasteiger partial charge in [0.1, 0.15) is 0 Å². The second-order valence-electron chi connectivity index (χ2n) is 3.68. The van der Waals surface area contributed by atoms with Gasteiger partial charge in [-0.3, -0.25) is 10.1 Å². The third-order valence-electron chi connectivity index (χ3n) is 2.14. The first-order chi connectivity index (χ1) is 8.36. The van der Waals surface area contributed by atoms with E-state index in [4.69, 9.17) is 6.42 Å². The lowest BCUT2D eigenvalue weighted by molar-refractivity contribution is -0.384. The molecule has 0 amide bonds. The van der Waals surface area contributed by atoms with Gasteiger partial charge in [-0.15, -0.1) is 12.3 Å². The summed E-state index contributed by atoms with van der Waals surface area (Å²) in [6.45, 7) is 1.64. The van der Waals surface area contributed by atoms with Gasteiger partial charge < -0.3 is 0 Å². The van der Waals surface area contributed by atoms with E-state index in [-0.39, 0.29) is 17.0 Å². The molecule has 18 heavy (non-hydrogen) atoms. The maximum atomic E-state index is 11.8. The Bertz CT molecular complexity index is 572. The van der Waals surface area contributed by atoms with Crippen molar-refractivity contribution in [3.63, 3.8) is 0 Å². The number of benzene rings is 1. The highest BCUT2D eigenvalue weighted by molar-refractivity contribution is 7.89. The third kappa shape index (κ3) is 3.55. The molecule has 0 heterocycles. The summed E-state index contributed by atoms with van der Waals surface area (Å²) >= 11 is 0. The second-order valence-corrected chi connectivity index (χ2v) is 5.40. The molecule has 1 aromatic carbocycles. The number of nitro benzene ring substituents is 1. The molecule has 1 rings (SSSR count). The fourth-order valence-electron chi connectivity index (χ4n) is 1.30. The molecule has 0 aliphatic heterocycles. The van der Waals surface area contributed by atoms with Crippen LogP contribution >= 0.6 is 0 Å². The minimum absolute atomic E-state index is 0.0306. The van der Waals surface area contributed by atoms with Gasteiger partial charge in [0.05, 0.1) is 9.82 Å². The number of hydrogen-bond donors (Lipinski definition) is 1. The monoisotopic (exact) mass is 268 g/mol. The van der Waals surface area contributed by atoms with Gasteiger partial charge in [-0.25, -0.2) is 13.1 Å². The summed E-state index contributed by atoms with van der Waals surface area (Å²) < 4.78 is 26.1. The highest BCUT2D eigenvalue weighted by atomic mass is 32.2. The SMILES string of the molecule is C#CCC(C)NS(=O)(=O)c1ccc([N+](=O)[O-])cc1. The van der Waals surface area contributed by atoms with Crippen LogP contribution in [0.15, 0.2) is 29.2 Å². The van der Waals surface area contributed by atoms with Gasteiger partial charge in [0.25, 0.3) is 5.69 Å². The van der Waals surface area contributed by atoms with Gasteiger partial charge in [0, 0.05) is 24.6 Å². The normalized spacial score (nSPS) is 12.7. The Hall–Kier alpha value is -1.91. The Morgan fingerprint density at radius 1 is 1.44 bits per heavy atom. The van der Waals surface area contributed by atoms with Gasteiger partial charge in [0.2, 0.25) is 10.0 Å². The minimum atomic E-state index is -3.69. The van der Waals surface area contributed by atoms with Crippen molar-refractivity contribution < 1.29 is 13.3 Å². The number of hydrogen-bond acceptors (Lipinski definition) is 4. The molecule has 96 valence electrons. The lowest BCUT2D eigenvalue weighted by Crippen LogP contribution is -2.32. The Morgan fingerprint density at radius 2 is 2.00 bits per heavy atom.